The first-order chi connectivity index (χ1) is 9.54. The van der Waals surface area contributed by atoms with Gasteiger partial charge in [0.1, 0.15) is 10.1 Å². The van der Waals surface area contributed by atoms with Gasteiger partial charge in [0.05, 0.1) is 4.90 Å². The van der Waals surface area contributed by atoms with Crippen molar-refractivity contribution >= 4 is 20.9 Å². The first-order valence-corrected chi connectivity index (χ1v) is 8.41. The monoisotopic (exact) mass is 314 g/mol. The Hall–Kier alpha value is -0.390. The molecule has 2 rings (SSSR count). The van der Waals surface area contributed by atoms with Gasteiger partial charge in [0, 0.05) is 0 Å². The molecule has 21 heavy (non-hydrogen) atoms. The van der Waals surface area contributed by atoms with Gasteiger partial charge in [-0.05, 0) is 35.2 Å². The minimum absolute atomic E-state index is 0. The molecule has 2 aromatic rings. The number of fused-ring (bicyclic) bond motifs is 1. The molecule has 0 aromatic heterocycles. The van der Waals surface area contributed by atoms with Crippen molar-refractivity contribution in [3.05, 3.63) is 42.0 Å². The SMILES string of the molecule is CCCCCCc1ccc(S(=O)(=O)[O-])c2ccccc12.[Na+]. The van der Waals surface area contributed by atoms with Crippen molar-refractivity contribution in [3.63, 3.8) is 0 Å². The maximum Gasteiger partial charge on any atom is 1.00 e. The molecule has 0 amide bonds. The number of rotatable bonds is 6. The van der Waals surface area contributed by atoms with Crippen molar-refractivity contribution in [2.45, 2.75) is 43.9 Å². The number of hydrogen-bond acceptors (Lipinski definition) is 3. The predicted octanol–water partition coefficient (Wildman–Crippen LogP) is 0.871. The van der Waals surface area contributed by atoms with Crippen LogP contribution < -0.4 is 29.6 Å². The zero-order valence-electron chi connectivity index (χ0n) is 12.6. The molecule has 0 aliphatic rings. The van der Waals surface area contributed by atoms with Gasteiger partial charge in [-0.15, -0.1) is 0 Å². The number of aryl methyl sites for hydroxylation is 1. The third kappa shape index (κ3) is 4.80. The third-order valence-corrected chi connectivity index (χ3v) is 4.44. The Kier molecular flexibility index (Phi) is 7.37. The van der Waals surface area contributed by atoms with E-state index in [9.17, 15) is 13.0 Å². The molecule has 0 aliphatic carbocycles. The first kappa shape index (κ1) is 18.7. The van der Waals surface area contributed by atoms with Crippen LogP contribution in [0.3, 0.4) is 0 Å². The fourth-order valence-corrected chi connectivity index (χ4v) is 3.19. The van der Waals surface area contributed by atoms with E-state index in [0.717, 1.165) is 23.8 Å². The Labute approximate surface area is 148 Å². The molecule has 0 fully saturated rings. The predicted molar refractivity (Wildman–Crippen MR) is 79.8 cm³/mol. The minimum atomic E-state index is -4.43. The molecule has 5 heteroatoms. The van der Waals surface area contributed by atoms with Crippen LogP contribution in [0.5, 0.6) is 0 Å². The van der Waals surface area contributed by atoms with Crippen LogP contribution in [0, 0.1) is 0 Å². The molecule has 0 N–H and O–H groups in total. The Morgan fingerprint density at radius 2 is 1.62 bits per heavy atom. The average molecular weight is 314 g/mol. The van der Waals surface area contributed by atoms with Crippen LogP contribution in [0.1, 0.15) is 38.2 Å². The van der Waals surface area contributed by atoms with Gasteiger partial charge in [0.25, 0.3) is 0 Å². The van der Waals surface area contributed by atoms with Gasteiger partial charge >= 0.3 is 29.6 Å². The van der Waals surface area contributed by atoms with Gasteiger partial charge in [-0.2, -0.15) is 0 Å². The van der Waals surface area contributed by atoms with E-state index < -0.39 is 10.1 Å². The molecule has 3 nitrogen and oxygen atoms in total. The van der Waals surface area contributed by atoms with E-state index in [-0.39, 0.29) is 34.5 Å². The van der Waals surface area contributed by atoms with E-state index >= 15 is 0 Å². The van der Waals surface area contributed by atoms with Gasteiger partial charge in [-0.1, -0.05) is 56.5 Å². The van der Waals surface area contributed by atoms with Gasteiger partial charge in [-0.25, -0.2) is 8.42 Å². The van der Waals surface area contributed by atoms with Crippen LogP contribution >= 0.6 is 0 Å². The summed E-state index contributed by atoms with van der Waals surface area (Å²) in [5, 5.41) is 1.41. The van der Waals surface area contributed by atoms with Crippen molar-refractivity contribution in [1.29, 1.82) is 0 Å². The van der Waals surface area contributed by atoms with E-state index in [2.05, 4.69) is 6.92 Å². The zero-order valence-corrected chi connectivity index (χ0v) is 15.4. The number of hydrogen-bond donors (Lipinski definition) is 0. The van der Waals surface area contributed by atoms with Crippen LogP contribution in [-0.4, -0.2) is 13.0 Å². The molecule has 0 spiro atoms. The molecule has 0 aliphatic heterocycles. The summed E-state index contributed by atoms with van der Waals surface area (Å²) in [6.45, 7) is 2.17. The average Bonchev–Trinajstić information content (AvgIpc) is 2.42. The summed E-state index contributed by atoms with van der Waals surface area (Å²) in [7, 11) is -4.43. The van der Waals surface area contributed by atoms with Crippen LogP contribution in [0.4, 0.5) is 0 Å². The second kappa shape index (κ2) is 8.30. The Morgan fingerprint density at radius 3 is 2.24 bits per heavy atom. The van der Waals surface area contributed by atoms with E-state index in [4.69, 9.17) is 0 Å². The van der Waals surface area contributed by atoms with Crippen LogP contribution in [-0.2, 0) is 16.5 Å². The summed E-state index contributed by atoms with van der Waals surface area (Å²) in [6, 6.07) is 10.4. The van der Waals surface area contributed by atoms with Gasteiger partial charge < -0.3 is 4.55 Å². The summed E-state index contributed by atoms with van der Waals surface area (Å²) in [5.74, 6) is 0. The normalized spacial score (nSPS) is 11.3. The van der Waals surface area contributed by atoms with Crippen LogP contribution in [0.2, 0.25) is 0 Å². The van der Waals surface area contributed by atoms with E-state index in [1.165, 1.54) is 25.3 Å². The fraction of sp³-hybridized carbons (Fsp3) is 0.375. The summed E-state index contributed by atoms with van der Waals surface area (Å²) >= 11 is 0. The molecule has 2 aromatic carbocycles. The van der Waals surface area contributed by atoms with Gasteiger partial charge in [-0.3, -0.25) is 0 Å². The first-order valence-electron chi connectivity index (χ1n) is 7.00. The zero-order chi connectivity index (χ0) is 14.6. The van der Waals surface area contributed by atoms with Crippen LogP contribution in [0.15, 0.2) is 41.3 Å². The molecule has 0 unspecified atom stereocenters. The number of unbranched alkanes of at least 4 members (excludes halogenated alkanes) is 3. The quantitative estimate of drug-likeness (QED) is 0.452. The molecule has 0 saturated heterocycles. The van der Waals surface area contributed by atoms with Crippen molar-refractivity contribution < 1.29 is 42.5 Å². The molecular formula is C16H19NaO3S. The van der Waals surface area contributed by atoms with E-state index in [1.54, 1.807) is 18.2 Å². The number of benzene rings is 2. The van der Waals surface area contributed by atoms with Crippen molar-refractivity contribution in [1.82, 2.24) is 0 Å². The smallest absolute Gasteiger partial charge is 0.744 e. The standard InChI is InChI=1S/C16H20O3S.Na/c1-2-3-4-5-8-13-11-12-16(20(17,18)19)15-10-7-6-9-14(13)15;/h6-7,9-12H,2-5,8H2,1H3,(H,17,18,19);/q;+1/p-1. The maximum atomic E-state index is 11.3. The molecule has 0 saturated carbocycles. The fourth-order valence-electron chi connectivity index (χ4n) is 2.51. The van der Waals surface area contributed by atoms with Crippen molar-refractivity contribution in [2.75, 3.05) is 0 Å². The molecule has 0 radical (unpaired) electrons. The van der Waals surface area contributed by atoms with Crippen LogP contribution in [0.25, 0.3) is 10.8 Å². The van der Waals surface area contributed by atoms with E-state index in [1.807, 2.05) is 12.1 Å². The third-order valence-electron chi connectivity index (χ3n) is 3.54. The summed E-state index contributed by atoms with van der Waals surface area (Å²) in [5.41, 5.74) is 1.11. The second-order valence-corrected chi connectivity index (χ2v) is 6.38. The van der Waals surface area contributed by atoms with Gasteiger partial charge in [0.15, 0.2) is 0 Å². The van der Waals surface area contributed by atoms with Crippen molar-refractivity contribution in [2.24, 2.45) is 0 Å². The minimum Gasteiger partial charge on any atom is -0.744 e. The Morgan fingerprint density at radius 1 is 0.952 bits per heavy atom. The van der Waals surface area contributed by atoms with Gasteiger partial charge in [0.2, 0.25) is 0 Å². The Bertz CT molecular complexity index is 696. The largest absolute Gasteiger partial charge is 1.00 e. The summed E-state index contributed by atoms with van der Waals surface area (Å²) in [6.07, 6.45) is 5.58. The summed E-state index contributed by atoms with van der Waals surface area (Å²) in [4.78, 5) is -0.120. The van der Waals surface area contributed by atoms with E-state index in [0.29, 0.717) is 5.39 Å². The molecular weight excluding hydrogens is 295 g/mol. The second-order valence-electron chi connectivity index (χ2n) is 5.03. The Balaban J connectivity index is 0.00000220. The molecule has 0 atom stereocenters. The summed E-state index contributed by atoms with van der Waals surface area (Å²) < 4.78 is 33.9. The molecule has 108 valence electrons. The topological polar surface area (TPSA) is 57.2 Å². The molecule has 0 heterocycles. The maximum absolute atomic E-state index is 11.3. The molecule has 0 bridgehead atoms. The van der Waals surface area contributed by atoms with Crippen molar-refractivity contribution in [3.8, 4) is 0 Å².